The molecule has 1 aromatic heterocycles. The van der Waals surface area contributed by atoms with E-state index in [0.29, 0.717) is 0 Å². The SMILES string of the molecule is O=C(N[C@@H](CO)c1ccccc1)c1cc([N+](=O)[O-])c[nH]1. The van der Waals surface area contributed by atoms with E-state index in [1.54, 1.807) is 24.3 Å². The summed E-state index contributed by atoms with van der Waals surface area (Å²) < 4.78 is 0. The van der Waals surface area contributed by atoms with Crippen LogP contribution in [0.4, 0.5) is 5.69 Å². The van der Waals surface area contributed by atoms with Gasteiger partial charge in [0.15, 0.2) is 0 Å². The van der Waals surface area contributed by atoms with Gasteiger partial charge in [0.2, 0.25) is 0 Å². The van der Waals surface area contributed by atoms with Crippen LogP contribution in [0.5, 0.6) is 0 Å². The number of amides is 1. The maximum absolute atomic E-state index is 11.9. The molecular weight excluding hydrogens is 262 g/mol. The fraction of sp³-hybridized carbons (Fsp3) is 0.154. The monoisotopic (exact) mass is 275 g/mol. The Morgan fingerprint density at radius 1 is 1.40 bits per heavy atom. The van der Waals surface area contributed by atoms with Crippen molar-refractivity contribution < 1.29 is 14.8 Å². The number of aliphatic hydroxyl groups is 1. The smallest absolute Gasteiger partial charge is 0.287 e. The van der Waals surface area contributed by atoms with Gasteiger partial charge in [-0.1, -0.05) is 30.3 Å². The molecule has 0 bridgehead atoms. The van der Waals surface area contributed by atoms with Gasteiger partial charge in [0.05, 0.1) is 23.8 Å². The maximum Gasteiger partial charge on any atom is 0.287 e. The standard InChI is InChI=1S/C13H13N3O4/c17-8-12(9-4-2-1-3-5-9)15-13(18)11-6-10(7-14-11)16(19)20/h1-7,12,14,17H,8H2,(H,15,18)/t12-/m0/s1. The topological polar surface area (TPSA) is 108 Å². The summed E-state index contributed by atoms with van der Waals surface area (Å²) in [5, 5.41) is 22.5. The van der Waals surface area contributed by atoms with Gasteiger partial charge in [-0.15, -0.1) is 0 Å². The number of hydrogen-bond acceptors (Lipinski definition) is 4. The summed E-state index contributed by atoms with van der Waals surface area (Å²) in [5.41, 5.74) is 0.644. The van der Waals surface area contributed by atoms with Crippen LogP contribution in [-0.4, -0.2) is 27.5 Å². The molecule has 1 amide bonds. The fourth-order valence-corrected chi connectivity index (χ4v) is 1.78. The van der Waals surface area contributed by atoms with Crippen LogP contribution in [0.2, 0.25) is 0 Å². The molecule has 0 aliphatic heterocycles. The number of H-pyrrole nitrogens is 1. The van der Waals surface area contributed by atoms with Gasteiger partial charge >= 0.3 is 0 Å². The molecule has 0 saturated heterocycles. The van der Waals surface area contributed by atoms with Gasteiger partial charge in [0, 0.05) is 6.07 Å². The van der Waals surface area contributed by atoms with E-state index in [1.165, 1.54) is 0 Å². The fourth-order valence-electron chi connectivity index (χ4n) is 1.78. The van der Waals surface area contributed by atoms with E-state index in [2.05, 4.69) is 10.3 Å². The van der Waals surface area contributed by atoms with Gasteiger partial charge in [-0.2, -0.15) is 0 Å². The second kappa shape index (κ2) is 5.98. The molecule has 2 rings (SSSR count). The summed E-state index contributed by atoms with van der Waals surface area (Å²) in [5.74, 6) is -0.513. The van der Waals surface area contributed by atoms with Crippen LogP contribution in [-0.2, 0) is 0 Å². The van der Waals surface area contributed by atoms with E-state index in [9.17, 15) is 20.0 Å². The van der Waals surface area contributed by atoms with Crippen molar-refractivity contribution in [2.75, 3.05) is 6.61 Å². The Bertz CT molecular complexity index is 609. The van der Waals surface area contributed by atoms with Crippen molar-refractivity contribution in [1.29, 1.82) is 0 Å². The molecule has 0 radical (unpaired) electrons. The molecule has 0 fully saturated rings. The molecule has 3 N–H and O–H groups in total. The Hall–Kier alpha value is -2.67. The highest BCUT2D eigenvalue weighted by atomic mass is 16.6. The van der Waals surface area contributed by atoms with Crippen molar-refractivity contribution in [3.8, 4) is 0 Å². The minimum atomic E-state index is -0.589. The number of nitro groups is 1. The lowest BCUT2D eigenvalue weighted by Crippen LogP contribution is -2.30. The van der Waals surface area contributed by atoms with Crippen LogP contribution in [0.15, 0.2) is 42.6 Å². The molecule has 7 heteroatoms. The molecule has 1 heterocycles. The lowest BCUT2D eigenvalue weighted by atomic mass is 10.1. The highest BCUT2D eigenvalue weighted by Gasteiger charge is 2.18. The summed E-state index contributed by atoms with van der Waals surface area (Å²) in [6, 6.07) is 9.55. The molecule has 20 heavy (non-hydrogen) atoms. The first kappa shape index (κ1) is 13.8. The number of aromatic amines is 1. The molecule has 1 atom stereocenters. The third-order valence-corrected chi connectivity index (χ3v) is 2.81. The summed E-state index contributed by atoms with van der Waals surface area (Å²) in [7, 11) is 0. The van der Waals surface area contributed by atoms with Crippen LogP contribution in [0.25, 0.3) is 0 Å². The van der Waals surface area contributed by atoms with Crippen LogP contribution < -0.4 is 5.32 Å². The summed E-state index contributed by atoms with van der Waals surface area (Å²) in [6.07, 6.45) is 1.14. The van der Waals surface area contributed by atoms with Crippen molar-refractivity contribution in [2.24, 2.45) is 0 Å². The average molecular weight is 275 g/mol. The summed E-state index contributed by atoms with van der Waals surface area (Å²) >= 11 is 0. The van der Waals surface area contributed by atoms with E-state index in [1.807, 2.05) is 6.07 Å². The first-order valence-corrected chi connectivity index (χ1v) is 5.91. The zero-order valence-corrected chi connectivity index (χ0v) is 10.4. The van der Waals surface area contributed by atoms with E-state index >= 15 is 0 Å². The zero-order valence-electron chi connectivity index (χ0n) is 10.4. The second-order valence-corrected chi connectivity index (χ2v) is 4.15. The Kier molecular flexibility index (Phi) is 4.11. The van der Waals surface area contributed by atoms with Gasteiger partial charge < -0.3 is 15.4 Å². The molecule has 0 aliphatic rings. The number of carbonyl (C=O) groups is 1. The molecular formula is C13H13N3O4. The van der Waals surface area contributed by atoms with Gasteiger partial charge in [-0.05, 0) is 5.56 Å². The van der Waals surface area contributed by atoms with Gasteiger partial charge in [-0.3, -0.25) is 14.9 Å². The Morgan fingerprint density at radius 2 is 2.10 bits per heavy atom. The number of carbonyl (C=O) groups excluding carboxylic acids is 1. The molecule has 104 valence electrons. The maximum atomic E-state index is 11.9. The lowest BCUT2D eigenvalue weighted by molar-refractivity contribution is -0.384. The van der Waals surface area contributed by atoms with Crippen LogP contribution in [0, 0.1) is 10.1 Å². The quantitative estimate of drug-likeness (QED) is 0.566. The van der Waals surface area contributed by atoms with Crippen LogP contribution in [0.1, 0.15) is 22.1 Å². The molecule has 1 aromatic carbocycles. The molecule has 0 unspecified atom stereocenters. The predicted octanol–water partition coefficient (Wildman–Crippen LogP) is 1.39. The van der Waals surface area contributed by atoms with E-state index < -0.39 is 16.9 Å². The van der Waals surface area contributed by atoms with E-state index in [-0.39, 0.29) is 18.0 Å². The van der Waals surface area contributed by atoms with Gasteiger partial charge in [-0.25, -0.2) is 0 Å². The van der Waals surface area contributed by atoms with Crippen LogP contribution >= 0.6 is 0 Å². The minimum absolute atomic E-state index is 0.0751. The number of aliphatic hydroxyl groups excluding tert-OH is 1. The Labute approximate surface area is 114 Å². The predicted molar refractivity (Wildman–Crippen MR) is 71.2 cm³/mol. The zero-order chi connectivity index (χ0) is 14.5. The highest BCUT2D eigenvalue weighted by molar-refractivity contribution is 5.93. The number of aromatic nitrogens is 1. The van der Waals surface area contributed by atoms with Crippen molar-refractivity contribution in [1.82, 2.24) is 10.3 Å². The average Bonchev–Trinajstić information content (AvgIpc) is 2.95. The molecule has 2 aromatic rings. The first-order chi connectivity index (χ1) is 9.61. The normalized spacial score (nSPS) is 11.8. The third-order valence-electron chi connectivity index (χ3n) is 2.81. The Morgan fingerprint density at radius 3 is 2.65 bits per heavy atom. The molecule has 0 saturated carbocycles. The number of nitrogens with one attached hydrogen (secondary N) is 2. The lowest BCUT2D eigenvalue weighted by Gasteiger charge is -2.16. The minimum Gasteiger partial charge on any atom is -0.394 e. The summed E-state index contributed by atoms with van der Waals surface area (Å²) in [6.45, 7) is -0.265. The van der Waals surface area contributed by atoms with Gasteiger partial charge in [0.25, 0.3) is 11.6 Å². The van der Waals surface area contributed by atoms with Crippen molar-refractivity contribution in [2.45, 2.75) is 6.04 Å². The highest BCUT2D eigenvalue weighted by Crippen LogP contribution is 2.15. The molecule has 0 spiro atoms. The Balaban J connectivity index is 2.11. The molecule has 0 aliphatic carbocycles. The first-order valence-electron chi connectivity index (χ1n) is 5.91. The summed E-state index contributed by atoms with van der Waals surface area (Å²) in [4.78, 5) is 24.4. The largest absolute Gasteiger partial charge is 0.394 e. The van der Waals surface area contributed by atoms with Crippen molar-refractivity contribution in [3.05, 3.63) is 64.0 Å². The molecule has 7 nitrogen and oxygen atoms in total. The van der Waals surface area contributed by atoms with Crippen LogP contribution in [0.3, 0.4) is 0 Å². The third kappa shape index (κ3) is 3.01. The number of hydrogen-bond donors (Lipinski definition) is 3. The van der Waals surface area contributed by atoms with Gasteiger partial charge in [0.1, 0.15) is 5.69 Å². The van der Waals surface area contributed by atoms with Crippen molar-refractivity contribution >= 4 is 11.6 Å². The number of nitrogens with zero attached hydrogens (tertiary/aromatic N) is 1. The second-order valence-electron chi connectivity index (χ2n) is 4.15. The number of rotatable bonds is 5. The van der Waals surface area contributed by atoms with Crippen molar-refractivity contribution in [3.63, 3.8) is 0 Å². The van der Waals surface area contributed by atoms with E-state index in [0.717, 1.165) is 17.8 Å². The van der Waals surface area contributed by atoms with E-state index in [4.69, 9.17) is 0 Å². The number of benzene rings is 1.